The Morgan fingerprint density at radius 2 is 0.947 bits per heavy atom. The first kappa shape index (κ1) is 19.0. The van der Waals surface area contributed by atoms with Crippen LogP contribution >= 0.6 is 9.03 Å². The number of nitrogens with zero attached hydrogens (tertiary/aromatic N) is 4. The van der Waals surface area contributed by atoms with Crippen LogP contribution in [0.4, 0.5) is 0 Å². The van der Waals surface area contributed by atoms with Gasteiger partial charge in [-0.25, -0.2) is 0 Å². The Labute approximate surface area is 122 Å². The van der Waals surface area contributed by atoms with Crippen LogP contribution in [0.15, 0.2) is 4.74 Å². The molecule has 0 N–H and O–H groups in total. The molecule has 0 aromatic heterocycles. The van der Waals surface area contributed by atoms with E-state index in [2.05, 4.69) is 70.0 Å². The SMILES string of the molecule is CCN(CC)C(CN=[PH2+])(N(CC)CC)N(CC)CC. The molecule has 0 saturated carbocycles. The lowest BCUT2D eigenvalue weighted by atomic mass is 10.1. The van der Waals surface area contributed by atoms with Crippen LogP contribution < -0.4 is 0 Å². The van der Waals surface area contributed by atoms with Gasteiger partial charge in [0, 0.05) is 0 Å². The van der Waals surface area contributed by atoms with Crippen molar-refractivity contribution in [3.05, 3.63) is 0 Å². The van der Waals surface area contributed by atoms with E-state index in [0.717, 1.165) is 45.8 Å². The van der Waals surface area contributed by atoms with Crippen molar-refractivity contribution >= 4 is 9.03 Å². The van der Waals surface area contributed by atoms with Gasteiger partial charge in [0.25, 0.3) is 0 Å². The monoisotopic (exact) mass is 289 g/mol. The van der Waals surface area contributed by atoms with Gasteiger partial charge in [0.1, 0.15) is 6.54 Å². The molecule has 0 saturated heterocycles. The van der Waals surface area contributed by atoms with Gasteiger partial charge in [-0.15, -0.1) is 4.74 Å². The van der Waals surface area contributed by atoms with Gasteiger partial charge in [-0.2, -0.15) is 0 Å². The molecule has 0 aliphatic heterocycles. The predicted molar refractivity (Wildman–Crippen MR) is 88.5 cm³/mol. The lowest BCUT2D eigenvalue weighted by Gasteiger charge is -2.54. The molecule has 114 valence electrons. The summed E-state index contributed by atoms with van der Waals surface area (Å²) >= 11 is 0. The summed E-state index contributed by atoms with van der Waals surface area (Å²) in [5, 5.41) is 0. The third-order valence-corrected chi connectivity index (χ3v) is 4.30. The summed E-state index contributed by atoms with van der Waals surface area (Å²) < 4.78 is 4.45. The number of rotatable bonds is 11. The second-order valence-corrected chi connectivity index (χ2v) is 5.00. The summed E-state index contributed by atoms with van der Waals surface area (Å²) in [5.41, 5.74) is 0. The Kier molecular flexibility index (Phi) is 9.81. The average molecular weight is 289 g/mol. The first-order valence-corrected chi connectivity index (χ1v) is 8.26. The van der Waals surface area contributed by atoms with Crippen molar-refractivity contribution in [2.45, 2.75) is 47.3 Å². The fourth-order valence-electron chi connectivity index (χ4n) is 3.21. The van der Waals surface area contributed by atoms with Crippen LogP contribution in [-0.4, -0.2) is 66.3 Å². The molecule has 0 amide bonds. The van der Waals surface area contributed by atoms with Crippen molar-refractivity contribution in [2.75, 3.05) is 45.8 Å². The van der Waals surface area contributed by atoms with Crippen molar-refractivity contribution in [2.24, 2.45) is 4.74 Å². The molecule has 0 radical (unpaired) electrons. The Hall–Kier alpha value is -0.0200. The average Bonchev–Trinajstić information content (AvgIpc) is 2.42. The summed E-state index contributed by atoms with van der Waals surface area (Å²) in [6, 6.07) is 0. The molecule has 0 bridgehead atoms. The third-order valence-electron chi connectivity index (χ3n) is 4.11. The molecule has 5 heteroatoms. The van der Waals surface area contributed by atoms with Crippen LogP contribution in [0.3, 0.4) is 0 Å². The summed E-state index contributed by atoms with van der Waals surface area (Å²) in [6.07, 6.45) is 0. The zero-order valence-corrected chi connectivity index (χ0v) is 15.0. The molecule has 0 aromatic carbocycles. The highest BCUT2D eigenvalue weighted by atomic mass is 31.0. The molecule has 0 aromatic rings. The normalized spacial score (nSPS) is 12.7. The van der Waals surface area contributed by atoms with Crippen molar-refractivity contribution < 1.29 is 0 Å². The van der Waals surface area contributed by atoms with Crippen molar-refractivity contribution in [1.82, 2.24) is 14.7 Å². The Morgan fingerprint density at radius 1 is 0.684 bits per heavy atom. The van der Waals surface area contributed by atoms with Gasteiger partial charge in [0.15, 0.2) is 14.8 Å². The minimum absolute atomic E-state index is 0.0851. The minimum Gasteiger partial charge on any atom is -0.272 e. The molecule has 1 atom stereocenters. The molecule has 1 unspecified atom stereocenters. The lowest BCUT2D eigenvalue weighted by Crippen LogP contribution is -2.71. The van der Waals surface area contributed by atoms with Gasteiger partial charge in [-0.05, 0) is 39.3 Å². The maximum absolute atomic E-state index is 4.45. The van der Waals surface area contributed by atoms with Crippen LogP contribution in [-0.2, 0) is 0 Å². The Bertz CT molecular complexity index is 204. The summed E-state index contributed by atoms with van der Waals surface area (Å²) in [6.45, 7) is 20.5. The van der Waals surface area contributed by atoms with E-state index in [0.29, 0.717) is 0 Å². The highest BCUT2D eigenvalue weighted by Crippen LogP contribution is 2.26. The third kappa shape index (κ3) is 3.98. The molecule has 19 heavy (non-hydrogen) atoms. The van der Waals surface area contributed by atoms with E-state index in [-0.39, 0.29) is 5.79 Å². The van der Waals surface area contributed by atoms with Crippen molar-refractivity contribution in [3.63, 3.8) is 0 Å². The smallest absolute Gasteiger partial charge is 0.171 e. The summed E-state index contributed by atoms with van der Waals surface area (Å²) in [7, 11) is 2.55. The number of hydrogen-bond donors (Lipinski definition) is 0. The largest absolute Gasteiger partial charge is 0.272 e. The maximum Gasteiger partial charge on any atom is 0.171 e. The van der Waals surface area contributed by atoms with Crippen LogP contribution in [0, 0.1) is 0 Å². The first-order valence-electron chi connectivity index (χ1n) is 7.74. The van der Waals surface area contributed by atoms with E-state index in [1.54, 1.807) is 0 Å². The van der Waals surface area contributed by atoms with Crippen LogP contribution in [0.25, 0.3) is 0 Å². The topological polar surface area (TPSA) is 22.1 Å². The first-order chi connectivity index (χ1) is 9.12. The standard InChI is InChI=1S/C14H33N4P/c1-7-16(8-2)14(13-15-19,17(9-3)10-4)18(11-5)12-6/h19H,7-13H2,1-6H3/p+1. The van der Waals surface area contributed by atoms with Gasteiger partial charge in [-0.3, -0.25) is 14.7 Å². The van der Waals surface area contributed by atoms with Crippen LogP contribution in [0.5, 0.6) is 0 Å². The molecule has 0 aliphatic carbocycles. The molecule has 0 rings (SSSR count). The number of hydrogen-bond acceptors (Lipinski definition) is 4. The molecule has 0 fully saturated rings. The van der Waals surface area contributed by atoms with Gasteiger partial charge in [0.05, 0.1) is 0 Å². The van der Waals surface area contributed by atoms with E-state index < -0.39 is 0 Å². The quantitative estimate of drug-likeness (QED) is 0.431. The lowest BCUT2D eigenvalue weighted by molar-refractivity contribution is -0.155. The predicted octanol–water partition coefficient (Wildman–Crippen LogP) is 2.72. The Balaban J connectivity index is 5.74. The molecule has 0 heterocycles. The Morgan fingerprint density at radius 3 is 1.11 bits per heavy atom. The highest BCUT2D eigenvalue weighted by molar-refractivity contribution is 7.03. The van der Waals surface area contributed by atoms with Crippen LogP contribution in [0.1, 0.15) is 41.5 Å². The van der Waals surface area contributed by atoms with E-state index in [1.807, 2.05) is 0 Å². The van der Waals surface area contributed by atoms with Crippen molar-refractivity contribution in [1.29, 1.82) is 0 Å². The molecule has 0 spiro atoms. The zero-order chi connectivity index (χ0) is 14.9. The maximum atomic E-state index is 4.45. The fourth-order valence-corrected chi connectivity index (χ4v) is 3.46. The van der Waals surface area contributed by atoms with Gasteiger partial charge in [-0.1, -0.05) is 41.5 Å². The zero-order valence-electron chi connectivity index (χ0n) is 13.8. The second kappa shape index (κ2) is 9.82. The van der Waals surface area contributed by atoms with Crippen molar-refractivity contribution in [3.8, 4) is 0 Å². The van der Waals surface area contributed by atoms with Gasteiger partial charge in [0.2, 0.25) is 0 Å². The minimum atomic E-state index is -0.0851. The summed E-state index contributed by atoms with van der Waals surface area (Å²) in [5.74, 6) is -0.0851. The summed E-state index contributed by atoms with van der Waals surface area (Å²) in [4.78, 5) is 7.63. The number of likely N-dealkylation sites (N-methyl/N-ethyl adjacent to an activating group) is 3. The van der Waals surface area contributed by atoms with E-state index in [1.165, 1.54) is 0 Å². The second-order valence-electron chi connectivity index (χ2n) is 4.63. The van der Waals surface area contributed by atoms with E-state index in [9.17, 15) is 0 Å². The molecule has 4 nitrogen and oxygen atoms in total. The van der Waals surface area contributed by atoms with E-state index >= 15 is 0 Å². The molecular formula is C14H34N4P+. The van der Waals surface area contributed by atoms with Crippen LogP contribution in [0.2, 0.25) is 0 Å². The van der Waals surface area contributed by atoms with Gasteiger partial charge >= 0.3 is 0 Å². The molecular weight excluding hydrogens is 255 g/mol. The fraction of sp³-hybridized carbons (Fsp3) is 1.00. The highest BCUT2D eigenvalue weighted by Gasteiger charge is 2.44. The van der Waals surface area contributed by atoms with Gasteiger partial charge < -0.3 is 0 Å². The molecule has 0 aliphatic rings. The van der Waals surface area contributed by atoms with E-state index in [4.69, 9.17) is 0 Å².